The van der Waals surface area contributed by atoms with Gasteiger partial charge in [0.15, 0.2) is 0 Å². The summed E-state index contributed by atoms with van der Waals surface area (Å²) >= 11 is 0. The summed E-state index contributed by atoms with van der Waals surface area (Å²) < 4.78 is 5.93. The van der Waals surface area contributed by atoms with Crippen LogP contribution in [0.15, 0.2) is 24.3 Å². The summed E-state index contributed by atoms with van der Waals surface area (Å²) in [6, 6.07) is 7.17. The van der Waals surface area contributed by atoms with Crippen molar-refractivity contribution in [2.24, 2.45) is 0 Å². The number of carboxylic acid groups (broad SMARTS) is 1. The zero-order valence-corrected chi connectivity index (χ0v) is 16.1. The van der Waals surface area contributed by atoms with Crippen LogP contribution in [0.3, 0.4) is 0 Å². The lowest BCUT2D eigenvalue weighted by Gasteiger charge is -2.51. The van der Waals surface area contributed by atoms with Crippen molar-refractivity contribution in [3.8, 4) is 0 Å². The van der Waals surface area contributed by atoms with Crippen molar-refractivity contribution >= 4 is 5.97 Å². The highest BCUT2D eigenvalue weighted by atomic mass is 16.5. The van der Waals surface area contributed by atoms with E-state index in [0.29, 0.717) is 5.56 Å². The molecule has 0 bridgehead atoms. The van der Waals surface area contributed by atoms with Crippen molar-refractivity contribution < 1.29 is 14.6 Å². The molecule has 1 saturated carbocycles. The Morgan fingerprint density at radius 1 is 1.19 bits per heavy atom. The normalized spacial score (nSPS) is 22.8. The number of aromatic carboxylic acids is 1. The van der Waals surface area contributed by atoms with Gasteiger partial charge in [-0.05, 0) is 44.4 Å². The van der Waals surface area contributed by atoms with Gasteiger partial charge >= 0.3 is 5.97 Å². The Morgan fingerprint density at radius 2 is 1.88 bits per heavy atom. The molecule has 0 aromatic heterocycles. The molecule has 0 spiro atoms. The first-order chi connectivity index (χ1) is 12.4. The molecule has 0 amide bonds. The van der Waals surface area contributed by atoms with E-state index in [1.165, 1.54) is 32.1 Å². The lowest BCUT2D eigenvalue weighted by molar-refractivity contribution is -0.123. The molecule has 5 heteroatoms. The van der Waals surface area contributed by atoms with Gasteiger partial charge in [-0.3, -0.25) is 4.90 Å². The quantitative estimate of drug-likeness (QED) is 0.815. The molecular formula is C21H32N2O3. The van der Waals surface area contributed by atoms with E-state index in [4.69, 9.17) is 9.84 Å². The molecular weight excluding hydrogens is 328 g/mol. The van der Waals surface area contributed by atoms with Crippen LogP contribution in [0.25, 0.3) is 0 Å². The van der Waals surface area contributed by atoms with Crippen LogP contribution in [0.5, 0.6) is 0 Å². The van der Waals surface area contributed by atoms with Gasteiger partial charge in [0, 0.05) is 31.7 Å². The molecule has 2 fully saturated rings. The van der Waals surface area contributed by atoms with Gasteiger partial charge in [-0.1, -0.05) is 31.4 Å². The van der Waals surface area contributed by atoms with Crippen LogP contribution in [0, 0.1) is 0 Å². The molecule has 1 aliphatic carbocycles. The van der Waals surface area contributed by atoms with Gasteiger partial charge in [0.25, 0.3) is 0 Å². The fraction of sp³-hybridized carbons (Fsp3) is 0.667. The summed E-state index contributed by atoms with van der Waals surface area (Å²) in [5.41, 5.74) is 1.62. The molecule has 2 aliphatic rings. The molecule has 0 atom stereocenters. The zero-order valence-electron chi connectivity index (χ0n) is 16.1. The predicted octanol–water partition coefficient (Wildman–Crippen LogP) is 3.29. The molecule has 1 saturated heterocycles. The molecule has 0 radical (unpaired) electrons. The van der Waals surface area contributed by atoms with Crippen molar-refractivity contribution in [1.29, 1.82) is 0 Å². The number of morpholine rings is 1. The molecule has 26 heavy (non-hydrogen) atoms. The summed E-state index contributed by atoms with van der Waals surface area (Å²) in [5, 5.41) is 12.7. The molecule has 1 aliphatic heterocycles. The SMILES string of the molecule is CC1(C)CN(C2(CNCc3ccc(C(=O)O)cc3)CCCCC2)CCO1. The number of hydrogen-bond donors (Lipinski definition) is 2. The van der Waals surface area contributed by atoms with Crippen LogP contribution in [0.2, 0.25) is 0 Å². The lowest BCUT2D eigenvalue weighted by Crippen LogP contribution is -2.62. The fourth-order valence-corrected chi connectivity index (χ4v) is 4.44. The minimum Gasteiger partial charge on any atom is -0.478 e. The Hall–Kier alpha value is -1.43. The van der Waals surface area contributed by atoms with Gasteiger partial charge in [0.05, 0.1) is 17.8 Å². The molecule has 1 heterocycles. The summed E-state index contributed by atoms with van der Waals surface area (Å²) in [4.78, 5) is 13.6. The largest absolute Gasteiger partial charge is 0.478 e. The molecule has 5 nitrogen and oxygen atoms in total. The number of carbonyl (C=O) groups is 1. The van der Waals surface area contributed by atoms with E-state index in [-0.39, 0.29) is 11.1 Å². The van der Waals surface area contributed by atoms with Crippen LogP contribution >= 0.6 is 0 Å². The van der Waals surface area contributed by atoms with Gasteiger partial charge in [-0.25, -0.2) is 4.79 Å². The maximum absolute atomic E-state index is 11.0. The molecule has 0 unspecified atom stereocenters. The van der Waals surface area contributed by atoms with Crippen LogP contribution < -0.4 is 5.32 Å². The van der Waals surface area contributed by atoms with Gasteiger partial charge in [-0.15, -0.1) is 0 Å². The lowest BCUT2D eigenvalue weighted by atomic mass is 9.79. The Kier molecular flexibility index (Phi) is 6.00. The van der Waals surface area contributed by atoms with Crippen molar-refractivity contribution in [3.63, 3.8) is 0 Å². The van der Waals surface area contributed by atoms with E-state index >= 15 is 0 Å². The minimum atomic E-state index is -0.874. The summed E-state index contributed by atoms with van der Waals surface area (Å²) in [6.45, 7) is 8.94. The van der Waals surface area contributed by atoms with E-state index in [0.717, 1.165) is 38.3 Å². The van der Waals surface area contributed by atoms with Gasteiger partial charge in [-0.2, -0.15) is 0 Å². The fourth-order valence-electron chi connectivity index (χ4n) is 4.44. The number of benzene rings is 1. The van der Waals surface area contributed by atoms with Crippen molar-refractivity contribution in [1.82, 2.24) is 10.2 Å². The van der Waals surface area contributed by atoms with Crippen LogP contribution in [-0.4, -0.2) is 53.4 Å². The highest BCUT2D eigenvalue weighted by molar-refractivity contribution is 5.87. The highest BCUT2D eigenvalue weighted by Gasteiger charge is 2.41. The highest BCUT2D eigenvalue weighted by Crippen LogP contribution is 2.36. The number of carboxylic acids is 1. The Morgan fingerprint density at radius 3 is 2.50 bits per heavy atom. The number of ether oxygens (including phenoxy) is 1. The molecule has 1 aromatic carbocycles. The Labute approximate surface area is 156 Å². The first kappa shape index (κ1) is 19.3. The second-order valence-electron chi connectivity index (χ2n) is 8.42. The second-order valence-corrected chi connectivity index (χ2v) is 8.42. The van der Waals surface area contributed by atoms with E-state index in [9.17, 15) is 4.79 Å². The van der Waals surface area contributed by atoms with E-state index in [2.05, 4.69) is 24.1 Å². The topological polar surface area (TPSA) is 61.8 Å². The molecule has 3 rings (SSSR count). The van der Waals surface area contributed by atoms with Crippen molar-refractivity contribution in [3.05, 3.63) is 35.4 Å². The smallest absolute Gasteiger partial charge is 0.335 e. The van der Waals surface area contributed by atoms with Crippen molar-refractivity contribution in [2.45, 2.75) is 63.6 Å². The number of hydrogen-bond acceptors (Lipinski definition) is 4. The monoisotopic (exact) mass is 360 g/mol. The van der Waals surface area contributed by atoms with Crippen LogP contribution in [-0.2, 0) is 11.3 Å². The summed E-state index contributed by atoms with van der Waals surface area (Å²) in [5.74, 6) is -0.874. The van der Waals surface area contributed by atoms with Gasteiger partial charge in [0.2, 0.25) is 0 Å². The third-order valence-corrected chi connectivity index (χ3v) is 5.86. The third-order valence-electron chi connectivity index (χ3n) is 5.86. The van der Waals surface area contributed by atoms with E-state index in [1.54, 1.807) is 12.1 Å². The first-order valence-electron chi connectivity index (χ1n) is 9.82. The van der Waals surface area contributed by atoms with E-state index < -0.39 is 5.97 Å². The van der Waals surface area contributed by atoms with Crippen molar-refractivity contribution in [2.75, 3.05) is 26.2 Å². The predicted molar refractivity (Wildman–Crippen MR) is 103 cm³/mol. The summed E-state index contributed by atoms with van der Waals surface area (Å²) in [6.07, 6.45) is 6.42. The second kappa shape index (κ2) is 8.07. The van der Waals surface area contributed by atoms with Crippen LogP contribution in [0.4, 0.5) is 0 Å². The van der Waals surface area contributed by atoms with Crippen LogP contribution in [0.1, 0.15) is 61.9 Å². The average molecular weight is 360 g/mol. The number of nitrogens with one attached hydrogen (secondary N) is 1. The zero-order chi connectivity index (χ0) is 18.6. The first-order valence-corrected chi connectivity index (χ1v) is 9.82. The standard InChI is InChI=1S/C21H32N2O3/c1-20(2)16-23(12-13-26-20)21(10-4-3-5-11-21)15-22-14-17-6-8-18(9-7-17)19(24)25/h6-9,22H,3-5,10-16H2,1-2H3,(H,24,25). The maximum atomic E-state index is 11.0. The maximum Gasteiger partial charge on any atom is 0.335 e. The Bertz CT molecular complexity index is 606. The average Bonchev–Trinajstić information content (AvgIpc) is 2.62. The Balaban J connectivity index is 1.62. The molecule has 1 aromatic rings. The third kappa shape index (κ3) is 4.64. The summed E-state index contributed by atoms with van der Waals surface area (Å²) in [7, 11) is 0. The molecule has 2 N–H and O–H groups in total. The number of nitrogens with zero attached hydrogens (tertiary/aromatic N) is 1. The minimum absolute atomic E-state index is 0.0740. The molecule has 144 valence electrons. The van der Waals surface area contributed by atoms with Gasteiger partial charge < -0.3 is 15.2 Å². The van der Waals surface area contributed by atoms with E-state index in [1.807, 2.05) is 12.1 Å². The van der Waals surface area contributed by atoms with Gasteiger partial charge in [0.1, 0.15) is 0 Å². The number of rotatable bonds is 6.